The third-order valence-corrected chi connectivity index (χ3v) is 2.33. The summed E-state index contributed by atoms with van der Waals surface area (Å²) in [6.45, 7) is 0. The number of benzene rings is 2. The molecule has 2 rings (SSSR count). The van der Waals surface area contributed by atoms with E-state index in [1.165, 1.54) is 0 Å². The molecule has 2 amide bonds. The zero-order valence-electron chi connectivity index (χ0n) is 9.90. The van der Waals surface area contributed by atoms with E-state index in [-0.39, 0.29) is 6.03 Å². The average molecular weight is 229 g/mol. The van der Waals surface area contributed by atoms with Crippen LogP contribution >= 0.6 is 0 Å². The number of anilines is 1. The Morgan fingerprint density at radius 2 is 1.76 bits per heavy atom. The van der Waals surface area contributed by atoms with E-state index in [9.17, 15) is 4.79 Å². The largest absolute Gasteiger partial charge is 0.333 e. The van der Waals surface area contributed by atoms with Crippen molar-refractivity contribution >= 4 is 22.5 Å². The summed E-state index contributed by atoms with van der Waals surface area (Å²) < 4.78 is 0. The van der Waals surface area contributed by atoms with E-state index in [1.54, 1.807) is 19.1 Å². The minimum atomic E-state index is -0.245. The van der Waals surface area contributed by atoms with Crippen molar-refractivity contribution in [3.8, 4) is 0 Å². The van der Waals surface area contributed by atoms with Crippen molar-refractivity contribution < 1.29 is 4.79 Å². The van der Waals surface area contributed by atoms with Crippen LogP contribution in [0.3, 0.4) is 0 Å². The molecule has 88 valence electrons. The molecule has 0 aliphatic heterocycles. The maximum Gasteiger partial charge on any atom is 0.333 e. The van der Waals surface area contributed by atoms with Crippen molar-refractivity contribution in [2.24, 2.45) is 0 Å². The van der Waals surface area contributed by atoms with Crippen LogP contribution in [0.15, 0.2) is 42.5 Å². The molecule has 4 heteroatoms. The first-order valence-corrected chi connectivity index (χ1v) is 5.39. The number of carbonyl (C=O) groups excluding carboxylic acids is 1. The van der Waals surface area contributed by atoms with Crippen LogP contribution in [-0.2, 0) is 0 Å². The van der Waals surface area contributed by atoms with Gasteiger partial charge in [0.05, 0.1) is 0 Å². The van der Waals surface area contributed by atoms with Gasteiger partial charge in [-0.15, -0.1) is 0 Å². The Balaban J connectivity index is 2.17. The molecule has 0 fully saturated rings. The molecule has 0 aliphatic carbocycles. The first-order chi connectivity index (χ1) is 8.15. The molecule has 0 radical (unpaired) electrons. The Kier molecular flexibility index (Phi) is 3.25. The van der Waals surface area contributed by atoms with Crippen molar-refractivity contribution in [1.82, 2.24) is 10.4 Å². The predicted molar refractivity (Wildman–Crippen MR) is 69.8 cm³/mol. The second-order valence-corrected chi connectivity index (χ2v) is 4.02. The molecular formula is C13H15N3O. The lowest BCUT2D eigenvalue weighted by atomic mass is 10.1. The number of nitrogens with zero attached hydrogens (tertiary/aromatic N) is 1. The lowest BCUT2D eigenvalue weighted by Crippen LogP contribution is -2.39. The minimum absolute atomic E-state index is 0.245. The van der Waals surface area contributed by atoms with Crippen LogP contribution in [0.1, 0.15) is 0 Å². The molecule has 0 aromatic heterocycles. The molecule has 17 heavy (non-hydrogen) atoms. The van der Waals surface area contributed by atoms with Gasteiger partial charge in [-0.1, -0.05) is 30.3 Å². The van der Waals surface area contributed by atoms with Crippen molar-refractivity contribution in [2.45, 2.75) is 0 Å². The fraction of sp³-hybridized carbons (Fsp3) is 0.154. The van der Waals surface area contributed by atoms with Gasteiger partial charge in [-0.25, -0.2) is 9.80 Å². The van der Waals surface area contributed by atoms with Crippen molar-refractivity contribution in [3.63, 3.8) is 0 Å². The summed E-state index contributed by atoms with van der Waals surface area (Å²) >= 11 is 0. The van der Waals surface area contributed by atoms with Gasteiger partial charge in [0.25, 0.3) is 0 Å². The normalized spacial score (nSPS) is 10.5. The Labute approximate surface area is 100 Å². The Morgan fingerprint density at radius 3 is 2.47 bits per heavy atom. The first kappa shape index (κ1) is 11.4. The number of hydrazine groups is 1. The molecular weight excluding hydrogens is 214 g/mol. The molecule has 0 unspecified atom stereocenters. The number of amides is 2. The molecule has 2 N–H and O–H groups in total. The smallest absolute Gasteiger partial charge is 0.307 e. The molecule has 0 atom stereocenters. The average Bonchev–Trinajstić information content (AvgIpc) is 2.27. The van der Waals surface area contributed by atoms with Gasteiger partial charge < -0.3 is 5.32 Å². The topological polar surface area (TPSA) is 44.4 Å². The highest BCUT2D eigenvalue weighted by molar-refractivity contribution is 5.93. The lowest BCUT2D eigenvalue weighted by molar-refractivity contribution is 0.224. The van der Waals surface area contributed by atoms with Gasteiger partial charge in [-0.2, -0.15) is 0 Å². The number of nitrogens with one attached hydrogen (secondary N) is 2. The summed E-state index contributed by atoms with van der Waals surface area (Å²) in [5, 5.41) is 6.63. The SMILES string of the molecule is CN(C)NC(=O)Nc1ccc2ccccc2c1. The minimum Gasteiger partial charge on any atom is -0.307 e. The standard InChI is InChI=1S/C13H15N3O/c1-16(2)15-13(17)14-12-8-7-10-5-3-4-6-11(10)9-12/h3-9H,1-2H3,(H2,14,15,17). The van der Waals surface area contributed by atoms with E-state index in [2.05, 4.69) is 10.7 Å². The first-order valence-electron chi connectivity index (χ1n) is 5.39. The molecule has 4 nitrogen and oxygen atoms in total. The molecule has 0 bridgehead atoms. The summed E-state index contributed by atoms with van der Waals surface area (Å²) in [7, 11) is 3.53. The maximum atomic E-state index is 11.5. The molecule has 2 aromatic rings. The third-order valence-electron chi connectivity index (χ3n) is 2.33. The van der Waals surface area contributed by atoms with Crippen molar-refractivity contribution in [1.29, 1.82) is 0 Å². The number of hydrogen-bond donors (Lipinski definition) is 2. The molecule has 0 saturated carbocycles. The van der Waals surface area contributed by atoms with Gasteiger partial charge in [0.1, 0.15) is 0 Å². The molecule has 0 aliphatic rings. The number of urea groups is 1. The van der Waals surface area contributed by atoms with Gasteiger partial charge in [-0.3, -0.25) is 5.43 Å². The van der Waals surface area contributed by atoms with Crippen LogP contribution in [0.2, 0.25) is 0 Å². The zero-order valence-corrected chi connectivity index (χ0v) is 9.90. The number of rotatable bonds is 2. The van der Waals surface area contributed by atoms with E-state index < -0.39 is 0 Å². The Hall–Kier alpha value is -2.07. The van der Waals surface area contributed by atoms with Gasteiger partial charge in [0.2, 0.25) is 0 Å². The van der Waals surface area contributed by atoms with Crippen LogP contribution in [0.4, 0.5) is 10.5 Å². The Bertz CT molecular complexity index is 537. The van der Waals surface area contributed by atoms with E-state index in [0.717, 1.165) is 16.5 Å². The van der Waals surface area contributed by atoms with Crippen LogP contribution in [0, 0.1) is 0 Å². The zero-order chi connectivity index (χ0) is 12.3. The highest BCUT2D eigenvalue weighted by atomic mass is 16.2. The molecule has 2 aromatic carbocycles. The molecule has 0 heterocycles. The fourth-order valence-corrected chi connectivity index (χ4v) is 1.63. The second-order valence-electron chi connectivity index (χ2n) is 4.02. The van der Waals surface area contributed by atoms with Crippen LogP contribution in [0.5, 0.6) is 0 Å². The fourth-order valence-electron chi connectivity index (χ4n) is 1.63. The summed E-state index contributed by atoms with van der Waals surface area (Å²) in [6, 6.07) is 13.6. The van der Waals surface area contributed by atoms with Gasteiger partial charge in [-0.05, 0) is 22.9 Å². The van der Waals surface area contributed by atoms with Gasteiger partial charge in [0, 0.05) is 19.8 Å². The molecule has 0 saturated heterocycles. The summed E-state index contributed by atoms with van der Waals surface area (Å²) in [5.41, 5.74) is 3.40. The number of fused-ring (bicyclic) bond motifs is 1. The monoisotopic (exact) mass is 229 g/mol. The van der Waals surface area contributed by atoms with Gasteiger partial charge >= 0.3 is 6.03 Å². The van der Waals surface area contributed by atoms with Crippen LogP contribution in [-0.4, -0.2) is 25.1 Å². The summed E-state index contributed by atoms with van der Waals surface area (Å²) in [4.78, 5) is 11.5. The second kappa shape index (κ2) is 4.84. The highest BCUT2D eigenvalue weighted by Crippen LogP contribution is 2.18. The van der Waals surface area contributed by atoms with E-state index in [1.807, 2.05) is 42.5 Å². The predicted octanol–water partition coefficient (Wildman–Crippen LogP) is 2.44. The summed E-state index contributed by atoms with van der Waals surface area (Å²) in [5.74, 6) is 0. The van der Waals surface area contributed by atoms with E-state index in [4.69, 9.17) is 0 Å². The van der Waals surface area contributed by atoms with E-state index >= 15 is 0 Å². The summed E-state index contributed by atoms with van der Waals surface area (Å²) in [6.07, 6.45) is 0. The maximum absolute atomic E-state index is 11.5. The van der Waals surface area contributed by atoms with E-state index in [0.29, 0.717) is 0 Å². The van der Waals surface area contributed by atoms with Crippen molar-refractivity contribution in [2.75, 3.05) is 19.4 Å². The number of carbonyl (C=O) groups is 1. The van der Waals surface area contributed by atoms with Crippen LogP contribution < -0.4 is 10.7 Å². The van der Waals surface area contributed by atoms with Crippen LogP contribution in [0.25, 0.3) is 10.8 Å². The number of hydrogen-bond acceptors (Lipinski definition) is 2. The quantitative estimate of drug-likeness (QED) is 0.777. The third kappa shape index (κ3) is 2.95. The lowest BCUT2D eigenvalue weighted by Gasteiger charge is -2.13. The highest BCUT2D eigenvalue weighted by Gasteiger charge is 2.02. The van der Waals surface area contributed by atoms with Crippen molar-refractivity contribution in [3.05, 3.63) is 42.5 Å². The van der Waals surface area contributed by atoms with Gasteiger partial charge in [0.15, 0.2) is 0 Å². The Morgan fingerprint density at radius 1 is 1.06 bits per heavy atom. The molecule has 0 spiro atoms.